The summed E-state index contributed by atoms with van der Waals surface area (Å²) in [5.74, 6) is 1.95. The molecular formula is C20H29N7. The Morgan fingerprint density at radius 1 is 1.15 bits per heavy atom. The third-order valence-electron chi connectivity index (χ3n) is 4.44. The van der Waals surface area contributed by atoms with E-state index in [0.29, 0.717) is 0 Å². The Kier molecular flexibility index (Phi) is 6.84. The van der Waals surface area contributed by atoms with Crippen LogP contribution in [0.2, 0.25) is 0 Å². The first-order chi connectivity index (χ1) is 13.3. The van der Waals surface area contributed by atoms with Crippen molar-refractivity contribution >= 4 is 17.0 Å². The predicted molar refractivity (Wildman–Crippen MR) is 110 cm³/mol. The van der Waals surface area contributed by atoms with Crippen LogP contribution in [0.4, 0.5) is 0 Å². The summed E-state index contributed by atoms with van der Waals surface area (Å²) >= 11 is 0. The number of hydrogen-bond donors (Lipinski definition) is 2. The molecule has 0 amide bonds. The van der Waals surface area contributed by atoms with Crippen molar-refractivity contribution in [3.05, 3.63) is 48.8 Å². The van der Waals surface area contributed by atoms with Crippen molar-refractivity contribution in [3.63, 3.8) is 0 Å². The van der Waals surface area contributed by atoms with Gasteiger partial charge in [0.1, 0.15) is 5.82 Å². The molecule has 0 saturated carbocycles. The van der Waals surface area contributed by atoms with Gasteiger partial charge < -0.3 is 19.8 Å². The lowest BCUT2D eigenvalue weighted by atomic mass is 10.3. The molecule has 2 aromatic heterocycles. The number of guanidine groups is 1. The number of aromatic nitrogens is 4. The third-order valence-corrected chi connectivity index (χ3v) is 4.44. The van der Waals surface area contributed by atoms with Gasteiger partial charge in [0, 0.05) is 45.1 Å². The molecule has 0 unspecified atom stereocenters. The lowest BCUT2D eigenvalue weighted by Crippen LogP contribution is -2.38. The highest BCUT2D eigenvalue weighted by atomic mass is 15.2. The maximum absolute atomic E-state index is 4.66. The van der Waals surface area contributed by atoms with Crippen molar-refractivity contribution in [1.82, 2.24) is 29.7 Å². The first-order valence-corrected chi connectivity index (χ1v) is 9.67. The van der Waals surface area contributed by atoms with E-state index >= 15 is 0 Å². The van der Waals surface area contributed by atoms with E-state index in [9.17, 15) is 0 Å². The van der Waals surface area contributed by atoms with Gasteiger partial charge in [-0.05, 0) is 38.8 Å². The summed E-state index contributed by atoms with van der Waals surface area (Å²) in [5, 5.41) is 6.74. The Bertz CT molecular complexity index is 848. The molecule has 0 bridgehead atoms. The maximum atomic E-state index is 4.66. The monoisotopic (exact) mass is 367 g/mol. The molecule has 1 aromatic carbocycles. The fraction of sp³-hybridized carbons (Fsp3) is 0.450. The molecule has 2 heterocycles. The molecule has 0 atom stereocenters. The Labute approximate surface area is 160 Å². The Morgan fingerprint density at radius 2 is 2.04 bits per heavy atom. The Balaban J connectivity index is 1.44. The van der Waals surface area contributed by atoms with Crippen molar-refractivity contribution in [1.29, 1.82) is 0 Å². The average Bonchev–Trinajstić information content (AvgIpc) is 3.29. The normalized spacial score (nSPS) is 11.9. The molecule has 3 aromatic rings. The van der Waals surface area contributed by atoms with Gasteiger partial charge >= 0.3 is 0 Å². The topological polar surface area (TPSA) is 72.1 Å². The Morgan fingerprint density at radius 3 is 2.85 bits per heavy atom. The zero-order chi connectivity index (χ0) is 18.9. The molecular weight excluding hydrogens is 338 g/mol. The first-order valence-electron chi connectivity index (χ1n) is 9.67. The minimum absolute atomic E-state index is 0.790. The summed E-state index contributed by atoms with van der Waals surface area (Å²) in [5.41, 5.74) is 2.27. The van der Waals surface area contributed by atoms with E-state index in [4.69, 9.17) is 0 Å². The van der Waals surface area contributed by atoms with Crippen molar-refractivity contribution in [2.24, 2.45) is 4.99 Å². The van der Waals surface area contributed by atoms with Gasteiger partial charge in [-0.2, -0.15) is 0 Å². The molecule has 2 N–H and O–H groups in total. The number of aliphatic imine (C=N–C) groups is 1. The summed E-state index contributed by atoms with van der Waals surface area (Å²) in [7, 11) is 0. The molecule has 0 fully saturated rings. The lowest BCUT2D eigenvalue weighted by molar-refractivity contribution is 0.620. The van der Waals surface area contributed by atoms with E-state index in [1.165, 1.54) is 5.52 Å². The number of benzene rings is 1. The summed E-state index contributed by atoms with van der Waals surface area (Å²) in [4.78, 5) is 13.3. The highest BCUT2D eigenvalue weighted by molar-refractivity contribution is 5.79. The molecule has 7 heteroatoms. The number of fused-ring (bicyclic) bond motifs is 1. The highest BCUT2D eigenvalue weighted by Crippen LogP contribution is 2.15. The van der Waals surface area contributed by atoms with Gasteiger partial charge in [0.15, 0.2) is 5.96 Å². The van der Waals surface area contributed by atoms with Crippen molar-refractivity contribution in [3.8, 4) is 0 Å². The zero-order valence-corrected chi connectivity index (χ0v) is 16.2. The predicted octanol–water partition coefficient (Wildman–Crippen LogP) is 2.58. The summed E-state index contributed by atoms with van der Waals surface area (Å²) in [6, 6.07) is 8.30. The molecule has 0 saturated heterocycles. The maximum Gasteiger partial charge on any atom is 0.191 e. The molecule has 0 spiro atoms. The molecule has 7 nitrogen and oxygen atoms in total. The molecule has 3 rings (SSSR count). The van der Waals surface area contributed by atoms with Crippen LogP contribution >= 0.6 is 0 Å². The van der Waals surface area contributed by atoms with Gasteiger partial charge in [-0.25, -0.2) is 9.97 Å². The molecule has 144 valence electrons. The van der Waals surface area contributed by atoms with Crippen LogP contribution in [0.3, 0.4) is 0 Å². The van der Waals surface area contributed by atoms with Crippen molar-refractivity contribution in [2.45, 2.75) is 39.8 Å². The van der Waals surface area contributed by atoms with Crippen LogP contribution in [0, 0.1) is 6.92 Å². The third kappa shape index (κ3) is 5.32. The van der Waals surface area contributed by atoms with Crippen LogP contribution in [-0.4, -0.2) is 44.7 Å². The van der Waals surface area contributed by atoms with Gasteiger partial charge in [0.2, 0.25) is 0 Å². The fourth-order valence-electron chi connectivity index (χ4n) is 3.13. The van der Waals surface area contributed by atoms with Gasteiger partial charge in [0.25, 0.3) is 0 Å². The molecule has 27 heavy (non-hydrogen) atoms. The number of nitrogens with one attached hydrogen (secondary N) is 2. The molecule has 0 aliphatic rings. The lowest BCUT2D eigenvalue weighted by Gasteiger charge is -2.12. The summed E-state index contributed by atoms with van der Waals surface area (Å²) in [6.07, 6.45) is 7.64. The van der Waals surface area contributed by atoms with Crippen molar-refractivity contribution in [2.75, 3.05) is 19.6 Å². The van der Waals surface area contributed by atoms with E-state index in [1.54, 1.807) is 6.20 Å². The number of imidazole rings is 2. The second-order valence-corrected chi connectivity index (χ2v) is 6.49. The van der Waals surface area contributed by atoms with E-state index < -0.39 is 0 Å². The van der Waals surface area contributed by atoms with Gasteiger partial charge in [-0.15, -0.1) is 0 Å². The van der Waals surface area contributed by atoms with Crippen molar-refractivity contribution < 1.29 is 0 Å². The number of hydrogen-bond acceptors (Lipinski definition) is 3. The fourth-order valence-corrected chi connectivity index (χ4v) is 3.13. The van der Waals surface area contributed by atoms with E-state index in [2.05, 4.69) is 66.8 Å². The standard InChI is InChI=1S/C20H29N7/c1-3-22-20(23-10-6-13-26-15-12-21-16-26)24-11-7-14-27-17(2)25-18-8-4-5-9-19(18)27/h4-5,8-9,12,15-16H,3,6-7,10-11,13-14H2,1-2H3,(H2,22,23,24). The van der Waals surface area contributed by atoms with Gasteiger partial charge in [0.05, 0.1) is 17.4 Å². The van der Waals surface area contributed by atoms with Gasteiger partial charge in [-0.3, -0.25) is 4.99 Å². The van der Waals surface area contributed by atoms with Crippen LogP contribution < -0.4 is 10.6 Å². The quantitative estimate of drug-likeness (QED) is 0.346. The van der Waals surface area contributed by atoms with Crippen LogP contribution in [0.25, 0.3) is 11.0 Å². The average molecular weight is 368 g/mol. The molecule has 0 aliphatic carbocycles. The largest absolute Gasteiger partial charge is 0.357 e. The zero-order valence-electron chi connectivity index (χ0n) is 16.2. The second-order valence-electron chi connectivity index (χ2n) is 6.49. The minimum atomic E-state index is 0.790. The Hall–Kier alpha value is -2.83. The smallest absolute Gasteiger partial charge is 0.191 e. The summed E-state index contributed by atoms with van der Waals surface area (Å²) < 4.78 is 4.36. The number of nitrogens with zero attached hydrogens (tertiary/aromatic N) is 5. The number of para-hydroxylation sites is 2. The van der Waals surface area contributed by atoms with E-state index in [1.807, 2.05) is 18.6 Å². The number of aryl methyl sites for hydroxylation is 3. The second kappa shape index (κ2) is 9.75. The first kappa shape index (κ1) is 18.9. The number of rotatable bonds is 9. The van der Waals surface area contributed by atoms with Gasteiger partial charge in [-0.1, -0.05) is 12.1 Å². The SMILES string of the molecule is CCNC(=NCCCn1ccnc1)NCCCn1c(C)nc2ccccc21. The molecule has 0 aliphatic heterocycles. The van der Waals surface area contributed by atoms with Crippen LogP contribution in [0.15, 0.2) is 48.0 Å². The molecule has 0 radical (unpaired) electrons. The van der Waals surface area contributed by atoms with Crippen LogP contribution in [-0.2, 0) is 13.1 Å². The van der Waals surface area contributed by atoms with Crippen LogP contribution in [0.5, 0.6) is 0 Å². The highest BCUT2D eigenvalue weighted by Gasteiger charge is 2.06. The van der Waals surface area contributed by atoms with E-state index in [-0.39, 0.29) is 0 Å². The summed E-state index contributed by atoms with van der Waals surface area (Å²) in [6.45, 7) is 8.56. The van der Waals surface area contributed by atoms with E-state index in [0.717, 1.165) is 62.9 Å². The van der Waals surface area contributed by atoms with Crippen LogP contribution in [0.1, 0.15) is 25.6 Å². The minimum Gasteiger partial charge on any atom is -0.357 e.